The second-order valence-corrected chi connectivity index (χ2v) is 7.32. The van der Waals surface area contributed by atoms with Gasteiger partial charge in [-0.2, -0.15) is 0 Å². The number of hydrogen-bond acceptors (Lipinski definition) is 4. The van der Waals surface area contributed by atoms with Gasteiger partial charge in [0.15, 0.2) is 5.84 Å². The molecule has 1 aromatic rings. The molecule has 3 rings (SSSR count). The molecule has 2 aliphatic rings. The lowest BCUT2D eigenvalue weighted by Crippen LogP contribution is -2.40. The maximum absolute atomic E-state index is 12.5. The number of nitrogens with one attached hydrogen (secondary N) is 1. The average molecular weight is 331 g/mol. The Hall–Kier alpha value is -2.41. The van der Waals surface area contributed by atoms with Crippen LogP contribution in [0.2, 0.25) is 0 Å². The molecule has 7 heteroatoms. The molecule has 0 spiro atoms. The fourth-order valence-electron chi connectivity index (χ4n) is 2.41. The molecule has 0 saturated heterocycles. The normalized spacial score (nSPS) is 18.8. The summed E-state index contributed by atoms with van der Waals surface area (Å²) < 4.78 is 27.2. The molecule has 0 atom stereocenters. The second kappa shape index (κ2) is 5.66. The number of rotatable bonds is 2. The summed E-state index contributed by atoms with van der Waals surface area (Å²) in [5.41, 5.74) is 3.12. The SMILES string of the molecule is Cc1ccc(NC(=O)C2=CC=CN3CCS(=O)(=O)N=C23)cc1C. The van der Waals surface area contributed by atoms with Crippen LogP contribution in [0.5, 0.6) is 0 Å². The topological polar surface area (TPSA) is 78.8 Å². The molecule has 6 nitrogen and oxygen atoms in total. The van der Waals surface area contributed by atoms with Crippen molar-refractivity contribution in [3.8, 4) is 0 Å². The number of amides is 1. The van der Waals surface area contributed by atoms with Crippen molar-refractivity contribution in [3.05, 3.63) is 53.3 Å². The summed E-state index contributed by atoms with van der Waals surface area (Å²) in [7, 11) is -3.51. The molecule has 120 valence electrons. The molecule has 0 saturated carbocycles. The predicted molar refractivity (Wildman–Crippen MR) is 89.7 cm³/mol. The Bertz CT molecular complexity index is 867. The van der Waals surface area contributed by atoms with Crippen LogP contribution in [0.25, 0.3) is 0 Å². The van der Waals surface area contributed by atoms with Crippen molar-refractivity contribution in [3.63, 3.8) is 0 Å². The first-order valence-corrected chi connectivity index (χ1v) is 8.83. The molecule has 0 unspecified atom stereocenters. The summed E-state index contributed by atoms with van der Waals surface area (Å²) >= 11 is 0. The quantitative estimate of drug-likeness (QED) is 0.895. The lowest BCUT2D eigenvalue weighted by molar-refractivity contribution is -0.112. The first-order chi connectivity index (χ1) is 10.9. The Labute approximate surface area is 135 Å². The van der Waals surface area contributed by atoms with E-state index in [-0.39, 0.29) is 23.1 Å². The molecule has 0 aliphatic carbocycles. The molecule has 0 bridgehead atoms. The van der Waals surface area contributed by atoms with Gasteiger partial charge < -0.3 is 10.2 Å². The van der Waals surface area contributed by atoms with E-state index < -0.39 is 10.0 Å². The third kappa shape index (κ3) is 3.19. The minimum atomic E-state index is -3.51. The molecule has 1 N–H and O–H groups in total. The number of hydrogen-bond donors (Lipinski definition) is 1. The first-order valence-electron chi connectivity index (χ1n) is 7.22. The van der Waals surface area contributed by atoms with Crippen LogP contribution in [0.1, 0.15) is 11.1 Å². The third-order valence-electron chi connectivity index (χ3n) is 3.87. The van der Waals surface area contributed by atoms with Crippen molar-refractivity contribution in [2.75, 3.05) is 17.6 Å². The number of allylic oxidation sites excluding steroid dienone is 2. The Morgan fingerprint density at radius 3 is 2.78 bits per heavy atom. The van der Waals surface area contributed by atoms with Gasteiger partial charge >= 0.3 is 0 Å². The van der Waals surface area contributed by atoms with Crippen LogP contribution >= 0.6 is 0 Å². The van der Waals surface area contributed by atoms with Gasteiger partial charge in [-0.05, 0) is 49.3 Å². The number of anilines is 1. The molecule has 23 heavy (non-hydrogen) atoms. The van der Waals surface area contributed by atoms with Crippen molar-refractivity contribution in [2.45, 2.75) is 13.8 Å². The van der Waals surface area contributed by atoms with Gasteiger partial charge in [-0.15, -0.1) is 4.40 Å². The Morgan fingerprint density at radius 2 is 2.04 bits per heavy atom. The van der Waals surface area contributed by atoms with E-state index in [2.05, 4.69) is 9.71 Å². The smallest absolute Gasteiger partial charge is 0.259 e. The fourth-order valence-corrected chi connectivity index (χ4v) is 3.40. The molecule has 2 heterocycles. The Morgan fingerprint density at radius 1 is 1.26 bits per heavy atom. The molecular formula is C16H17N3O3S. The predicted octanol–water partition coefficient (Wildman–Crippen LogP) is 1.74. The average Bonchev–Trinajstić information content (AvgIpc) is 2.49. The highest BCUT2D eigenvalue weighted by atomic mass is 32.2. The monoisotopic (exact) mass is 331 g/mol. The van der Waals surface area contributed by atoms with E-state index in [0.29, 0.717) is 12.2 Å². The molecule has 1 amide bonds. The van der Waals surface area contributed by atoms with E-state index >= 15 is 0 Å². The van der Waals surface area contributed by atoms with Crippen LogP contribution < -0.4 is 5.32 Å². The van der Waals surface area contributed by atoms with Gasteiger partial charge in [0.1, 0.15) is 0 Å². The first kappa shape index (κ1) is 15.5. The number of amidine groups is 1. The minimum absolute atomic E-state index is 0.0487. The number of benzene rings is 1. The number of carbonyl (C=O) groups excluding carboxylic acids is 1. The highest BCUT2D eigenvalue weighted by Gasteiger charge is 2.29. The van der Waals surface area contributed by atoms with Crippen LogP contribution in [0.3, 0.4) is 0 Å². The Balaban J connectivity index is 1.89. The van der Waals surface area contributed by atoms with E-state index in [1.54, 1.807) is 23.3 Å². The molecule has 1 aromatic carbocycles. The Kier molecular flexibility index (Phi) is 3.81. The van der Waals surface area contributed by atoms with E-state index in [9.17, 15) is 13.2 Å². The summed E-state index contributed by atoms with van der Waals surface area (Å²) in [5, 5.41) is 2.80. The summed E-state index contributed by atoms with van der Waals surface area (Å²) in [4.78, 5) is 14.2. The lowest BCUT2D eigenvalue weighted by atomic mass is 10.1. The van der Waals surface area contributed by atoms with Gasteiger partial charge in [0.25, 0.3) is 15.9 Å². The molecular weight excluding hydrogens is 314 g/mol. The van der Waals surface area contributed by atoms with E-state index in [1.165, 1.54) is 0 Å². The highest BCUT2D eigenvalue weighted by molar-refractivity contribution is 7.90. The third-order valence-corrected chi connectivity index (χ3v) is 5.02. The zero-order valence-corrected chi connectivity index (χ0v) is 13.7. The molecule has 0 radical (unpaired) electrons. The largest absolute Gasteiger partial charge is 0.331 e. The summed E-state index contributed by atoms with van der Waals surface area (Å²) in [6.45, 7) is 4.26. The standard InChI is InChI=1S/C16H17N3O3S/c1-11-5-6-13(10-12(11)2)17-16(20)14-4-3-7-19-8-9-23(21,22)18-15(14)19/h3-7,10H,8-9H2,1-2H3,(H,17,20). The van der Waals surface area contributed by atoms with Crippen molar-refractivity contribution in [1.82, 2.24) is 4.90 Å². The lowest BCUT2D eigenvalue weighted by Gasteiger charge is -2.28. The van der Waals surface area contributed by atoms with Gasteiger partial charge in [-0.25, -0.2) is 8.42 Å². The number of sulfonamides is 1. The van der Waals surface area contributed by atoms with E-state index in [4.69, 9.17) is 0 Å². The maximum Gasteiger partial charge on any atom is 0.259 e. The number of aryl methyl sites for hydroxylation is 2. The number of nitrogens with zero attached hydrogens (tertiary/aromatic N) is 2. The number of fused-ring (bicyclic) bond motifs is 1. The van der Waals surface area contributed by atoms with Crippen LogP contribution in [0.15, 0.2) is 46.5 Å². The fraction of sp³-hybridized carbons (Fsp3) is 0.250. The van der Waals surface area contributed by atoms with E-state index in [0.717, 1.165) is 11.1 Å². The van der Waals surface area contributed by atoms with Gasteiger partial charge in [0, 0.05) is 18.4 Å². The van der Waals surface area contributed by atoms with Crippen LogP contribution in [-0.2, 0) is 14.8 Å². The molecule has 0 aromatic heterocycles. The molecule has 2 aliphatic heterocycles. The van der Waals surface area contributed by atoms with Gasteiger partial charge in [0.05, 0.1) is 11.3 Å². The summed E-state index contributed by atoms with van der Waals surface area (Å²) in [6.07, 6.45) is 5.01. The van der Waals surface area contributed by atoms with Crippen molar-refractivity contribution < 1.29 is 13.2 Å². The van der Waals surface area contributed by atoms with Gasteiger partial charge in [0.2, 0.25) is 0 Å². The molecule has 0 fully saturated rings. The van der Waals surface area contributed by atoms with Crippen molar-refractivity contribution >= 4 is 27.5 Å². The van der Waals surface area contributed by atoms with Crippen LogP contribution in [-0.4, -0.2) is 37.4 Å². The van der Waals surface area contributed by atoms with Gasteiger partial charge in [-0.1, -0.05) is 6.07 Å². The van der Waals surface area contributed by atoms with Crippen LogP contribution in [0.4, 0.5) is 5.69 Å². The number of carbonyl (C=O) groups is 1. The van der Waals surface area contributed by atoms with Crippen molar-refractivity contribution in [1.29, 1.82) is 0 Å². The second-order valence-electron chi connectivity index (χ2n) is 5.57. The minimum Gasteiger partial charge on any atom is -0.331 e. The van der Waals surface area contributed by atoms with Gasteiger partial charge in [-0.3, -0.25) is 4.79 Å². The zero-order chi connectivity index (χ0) is 16.6. The highest BCUT2D eigenvalue weighted by Crippen LogP contribution is 2.20. The summed E-state index contributed by atoms with van der Waals surface area (Å²) in [6, 6.07) is 5.62. The maximum atomic E-state index is 12.5. The summed E-state index contributed by atoms with van der Waals surface area (Å²) in [5.74, 6) is -0.245. The van der Waals surface area contributed by atoms with Crippen LogP contribution in [0, 0.1) is 13.8 Å². The zero-order valence-electron chi connectivity index (χ0n) is 12.9. The van der Waals surface area contributed by atoms with E-state index in [1.807, 2.05) is 32.0 Å². The van der Waals surface area contributed by atoms with Crippen molar-refractivity contribution in [2.24, 2.45) is 4.40 Å².